The predicted octanol–water partition coefficient (Wildman–Crippen LogP) is 4.08. The van der Waals surface area contributed by atoms with Crippen molar-refractivity contribution in [3.05, 3.63) is 57.8 Å². The number of ether oxygens (including phenoxy) is 1. The molecule has 1 saturated heterocycles. The Labute approximate surface area is 185 Å². The minimum absolute atomic E-state index is 0.186. The van der Waals surface area contributed by atoms with E-state index in [9.17, 15) is 9.59 Å². The average molecular weight is 441 g/mol. The number of benzene rings is 2. The first-order chi connectivity index (χ1) is 15.1. The van der Waals surface area contributed by atoms with Crippen LogP contribution in [0.5, 0.6) is 5.75 Å². The van der Waals surface area contributed by atoms with E-state index in [0.29, 0.717) is 21.8 Å². The number of hydrogen-bond donors (Lipinski definition) is 1. The average Bonchev–Trinajstić information content (AvgIpc) is 3.05. The lowest BCUT2D eigenvalue weighted by molar-refractivity contribution is -0.117. The highest BCUT2D eigenvalue weighted by molar-refractivity contribution is 6.32. The number of fused-ring (bicyclic) bond motifs is 1. The largest absolute Gasteiger partial charge is 0.495 e. The molecule has 2 aromatic carbocycles. The van der Waals surface area contributed by atoms with Crippen molar-refractivity contribution in [2.24, 2.45) is 0 Å². The second-order valence-corrected chi connectivity index (χ2v) is 8.04. The SMILES string of the molecule is COc1ccc(NC(=O)Cn2nc(N3CCCCCC3)c3ccccc3c2=O)cc1Cl. The number of methoxy groups -OCH3 is 1. The van der Waals surface area contributed by atoms with Gasteiger partial charge in [-0.1, -0.05) is 42.6 Å². The molecule has 1 fully saturated rings. The molecule has 1 amide bonds. The van der Waals surface area contributed by atoms with Crippen molar-refractivity contribution in [2.75, 3.05) is 30.4 Å². The van der Waals surface area contributed by atoms with Crippen LogP contribution in [0.15, 0.2) is 47.3 Å². The van der Waals surface area contributed by atoms with E-state index in [4.69, 9.17) is 16.3 Å². The van der Waals surface area contributed by atoms with Crippen molar-refractivity contribution in [3.63, 3.8) is 0 Å². The summed E-state index contributed by atoms with van der Waals surface area (Å²) in [6, 6.07) is 12.4. The highest BCUT2D eigenvalue weighted by Gasteiger charge is 2.18. The fourth-order valence-corrected chi connectivity index (χ4v) is 4.18. The number of anilines is 2. The van der Waals surface area contributed by atoms with Crippen LogP contribution in [0.1, 0.15) is 25.7 Å². The minimum Gasteiger partial charge on any atom is -0.495 e. The lowest BCUT2D eigenvalue weighted by Crippen LogP contribution is -2.33. The molecule has 31 heavy (non-hydrogen) atoms. The molecule has 162 valence electrons. The molecule has 3 aromatic rings. The Bertz CT molecular complexity index is 1150. The fourth-order valence-electron chi connectivity index (χ4n) is 3.92. The van der Waals surface area contributed by atoms with Crippen molar-refractivity contribution >= 4 is 39.8 Å². The molecule has 1 aromatic heterocycles. The summed E-state index contributed by atoms with van der Waals surface area (Å²) in [4.78, 5) is 27.9. The van der Waals surface area contributed by atoms with Gasteiger partial charge in [-0.05, 0) is 37.1 Å². The summed E-state index contributed by atoms with van der Waals surface area (Å²) in [5, 5.41) is 9.18. The summed E-state index contributed by atoms with van der Waals surface area (Å²) in [7, 11) is 1.53. The van der Waals surface area contributed by atoms with Crippen LogP contribution >= 0.6 is 11.6 Å². The van der Waals surface area contributed by atoms with Crippen LogP contribution in [0, 0.1) is 0 Å². The van der Waals surface area contributed by atoms with Crippen molar-refractivity contribution in [2.45, 2.75) is 32.2 Å². The van der Waals surface area contributed by atoms with Crippen LogP contribution < -0.4 is 20.5 Å². The number of hydrogen-bond acceptors (Lipinski definition) is 5. The molecular formula is C23H25ClN4O3. The zero-order valence-corrected chi connectivity index (χ0v) is 18.2. The first-order valence-electron chi connectivity index (χ1n) is 10.4. The maximum atomic E-state index is 13.0. The number of aromatic nitrogens is 2. The van der Waals surface area contributed by atoms with Gasteiger partial charge in [-0.25, -0.2) is 4.68 Å². The van der Waals surface area contributed by atoms with Gasteiger partial charge in [0.1, 0.15) is 12.3 Å². The molecular weight excluding hydrogens is 416 g/mol. The van der Waals surface area contributed by atoms with Gasteiger partial charge in [0.25, 0.3) is 5.56 Å². The number of carbonyl (C=O) groups excluding carboxylic acids is 1. The summed E-state index contributed by atoms with van der Waals surface area (Å²) in [5.74, 6) is 0.930. The van der Waals surface area contributed by atoms with Gasteiger partial charge in [0.15, 0.2) is 5.82 Å². The third-order valence-corrected chi connectivity index (χ3v) is 5.78. The van der Waals surface area contributed by atoms with E-state index in [2.05, 4.69) is 15.3 Å². The van der Waals surface area contributed by atoms with E-state index in [1.54, 1.807) is 24.3 Å². The van der Waals surface area contributed by atoms with Crippen molar-refractivity contribution in [1.82, 2.24) is 9.78 Å². The van der Waals surface area contributed by atoms with Crippen LogP contribution in [-0.2, 0) is 11.3 Å². The molecule has 7 nitrogen and oxygen atoms in total. The lowest BCUT2D eigenvalue weighted by atomic mass is 10.1. The van der Waals surface area contributed by atoms with Crippen LogP contribution in [0.3, 0.4) is 0 Å². The van der Waals surface area contributed by atoms with Gasteiger partial charge < -0.3 is 15.0 Å². The Morgan fingerprint density at radius 1 is 1.10 bits per heavy atom. The molecule has 8 heteroatoms. The second-order valence-electron chi connectivity index (χ2n) is 7.63. The molecule has 1 aliphatic heterocycles. The number of nitrogens with zero attached hydrogens (tertiary/aromatic N) is 3. The van der Waals surface area contributed by atoms with Gasteiger partial charge in [-0.2, -0.15) is 5.10 Å². The predicted molar refractivity (Wildman–Crippen MR) is 123 cm³/mol. The Morgan fingerprint density at radius 3 is 2.48 bits per heavy atom. The first-order valence-corrected chi connectivity index (χ1v) is 10.8. The van der Waals surface area contributed by atoms with Gasteiger partial charge in [0, 0.05) is 24.2 Å². The summed E-state index contributed by atoms with van der Waals surface area (Å²) < 4.78 is 6.39. The zero-order valence-electron chi connectivity index (χ0n) is 17.4. The van der Waals surface area contributed by atoms with E-state index in [1.807, 2.05) is 18.2 Å². The molecule has 0 atom stereocenters. The molecule has 2 heterocycles. The monoisotopic (exact) mass is 440 g/mol. The topological polar surface area (TPSA) is 76.5 Å². The maximum Gasteiger partial charge on any atom is 0.275 e. The van der Waals surface area contributed by atoms with E-state index < -0.39 is 0 Å². The van der Waals surface area contributed by atoms with Crippen LogP contribution in [-0.4, -0.2) is 35.9 Å². The standard InChI is InChI=1S/C23H25ClN4O3/c1-31-20-11-10-16(14-19(20)24)25-21(29)15-28-23(30)18-9-5-4-8-17(18)22(26-28)27-12-6-2-3-7-13-27/h4-5,8-11,14H,2-3,6-7,12-13,15H2,1H3,(H,25,29). The Kier molecular flexibility index (Phi) is 6.42. The Balaban J connectivity index is 1.64. The highest BCUT2D eigenvalue weighted by atomic mass is 35.5. The van der Waals surface area contributed by atoms with Crippen molar-refractivity contribution in [3.8, 4) is 5.75 Å². The third kappa shape index (κ3) is 4.66. The second kappa shape index (κ2) is 9.39. The fraction of sp³-hybridized carbons (Fsp3) is 0.348. The Hall–Kier alpha value is -3.06. The van der Waals surface area contributed by atoms with Crippen LogP contribution in [0.4, 0.5) is 11.5 Å². The summed E-state index contributed by atoms with van der Waals surface area (Å²) in [5.41, 5.74) is 0.245. The highest BCUT2D eigenvalue weighted by Crippen LogP contribution is 2.27. The smallest absolute Gasteiger partial charge is 0.275 e. The molecule has 1 N–H and O–H groups in total. The molecule has 0 saturated carbocycles. The van der Waals surface area contributed by atoms with Crippen LogP contribution in [0.25, 0.3) is 10.8 Å². The number of amides is 1. The van der Waals surface area contributed by atoms with Crippen molar-refractivity contribution in [1.29, 1.82) is 0 Å². The number of halogens is 1. The molecule has 0 spiro atoms. The number of rotatable bonds is 5. The normalized spacial score (nSPS) is 14.3. The third-order valence-electron chi connectivity index (χ3n) is 5.48. The van der Waals surface area contributed by atoms with Crippen molar-refractivity contribution < 1.29 is 9.53 Å². The van der Waals surface area contributed by atoms with Gasteiger partial charge in [0.05, 0.1) is 17.5 Å². The minimum atomic E-state index is -0.354. The molecule has 1 aliphatic rings. The van der Waals surface area contributed by atoms with Gasteiger partial charge in [0.2, 0.25) is 5.91 Å². The quantitative estimate of drug-likeness (QED) is 0.647. The molecule has 4 rings (SSSR count). The number of carbonyl (C=O) groups is 1. The molecule has 0 radical (unpaired) electrons. The van der Waals surface area contributed by atoms with E-state index >= 15 is 0 Å². The zero-order chi connectivity index (χ0) is 21.8. The Morgan fingerprint density at radius 2 is 1.81 bits per heavy atom. The van der Waals surface area contributed by atoms with Crippen LogP contribution in [0.2, 0.25) is 5.02 Å². The molecule has 0 aliphatic carbocycles. The first kappa shape index (κ1) is 21.2. The molecule has 0 bridgehead atoms. The summed E-state index contributed by atoms with van der Waals surface area (Å²) in [6.07, 6.45) is 4.57. The lowest BCUT2D eigenvalue weighted by Gasteiger charge is -2.23. The van der Waals surface area contributed by atoms with E-state index in [1.165, 1.54) is 24.6 Å². The maximum absolute atomic E-state index is 13.0. The molecule has 0 unspecified atom stereocenters. The van der Waals surface area contributed by atoms with E-state index in [-0.39, 0.29) is 18.0 Å². The number of nitrogens with one attached hydrogen (secondary N) is 1. The summed E-state index contributed by atoms with van der Waals surface area (Å²) in [6.45, 7) is 1.60. The van der Waals surface area contributed by atoms with Gasteiger partial charge in [-0.3, -0.25) is 9.59 Å². The van der Waals surface area contributed by atoms with E-state index in [0.717, 1.165) is 37.1 Å². The van der Waals surface area contributed by atoms with Gasteiger partial charge >= 0.3 is 0 Å². The van der Waals surface area contributed by atoms with Gasteiger partial charge in [-0.15, -0.1) is 0 Å². The summed E-state index contributed by atoms with van der Waals surface area (Å²) >= 11 is 6.13.